The smallest absolute Gasteiger partial charge is 0.168 e. The number of carbonyl (C=O) groups is 1. The van der Waals surface area contributed by atoms with Gasteiger partial charge in [0.2, 0.25) is 0 Å². The summed E-state index contributed by atoms with van der Waals surface area (Å²) in [5.41, 5.74) is 3.04. The number of benzene rings is 1. The van der Waals surface area contributed by atoms with Gasteiger partial charge >= 0.3 is 0 Å². The monoisotopic (exact) mass is 215 g/mol. The highest BCUT2D eigenvalue weighted by Gasteiger charge is 2.03. The van der Waals surface area contributed by atoms with E-state index >= 15 is 0 Å². The SMILES string of the molecule is Cc1cc(F)ccc1-c1ccc(C=O)nc1. The van der Waals surface area contributed by atoms with Gasteiger partial charge in [-0.1, -0.05) is 12.1 Å². The average molecular weight is 215 g/mol. The predicted molar refractivity (Wildman–Crippen MR) is 59.8 cm³/mol. The molecule has 0 fully saturated rings. The van der Waals surface area contributed by atoms with Crippen molar-refractivity contribution in [2.24, 2.45) is 0 Å². The third kappa shape index (κ3) is 1.98. The quantitative estimate of drug-likeness (QED) is 0.721. The van der Waals surface area contributed by atoms with Crippen molar-refractivity contribution in [1.82, 2.24) is 4.98 Å². The van der Waals surface area contributed by atoms with Crippen LogP contribution in [-0.2, 0) is 0 Å². The van der Waals surface area contributed by atoms with Crippen LogP contribution in [0, 0.1) is 12.7 Å². The van der Waals surface area contributed by atoms with Crippen molar-refractivity contribution < 1.29 is 9.18 Å². The zero-order chi connectivity index (χ0) is 11.5. The number of nitrogens with zero attached hydrogens (tertiary/aromatic N) is 1. The maximum Gasteiger partial charge on any atom is 0.168 e. The molecule has 0 unspecified atom stereocenters. The maximum atomic E-state index is 12.9. The second kappa shape index (κ2) is 4.23. The van der Waals surface area contributed by atoms with Gasteiger partial charge in [-0.2, -0.15) is 0 Å². The number of carbonyl (C=O) groups excluding carboxylic acids is 1. The third-order valence-corrected chi connectivity index (χ3v) is 2.41. The predicted octanol–water partition coefficient (Wildman–Crippen LogP) is 3.01. The van der Waals surface area contributed by atoms with E-state index in [1.807, 2.05) is 6.92 Å². The number of aromatic nitrogens is 1. The summed E-state index contributed by atoms with van der Waals surface area (Å²) >= 11 is 0. The summed E-state index contributed by atoms with van der Waals surface area (Å²) in [6.45, 7) is 1.84. The standard InChI is InChI=1S/C13H10FNO/c1-9-6-11(14)3-5-13(9)10-2-4-12(8-16)15-7-10/h2-8H,1H3. The molecule has 0 N–H and O–H groups in total. The molecule has 80 valence electrons. The molecule has 0 amide bonds. The minimum absolute atomic E-state index is 0.251. The molecule has 0 bridgehead atoms. The van der Waals surface area contributed by atoms with Gasteiger partial charge in [-0.3, -0.25) is 9.78 Å². The molecule has 1 aromatic heterocycles. The van der Waals surface area contributed by atoms with Crippen LogP contribution < -0.4 is 0 Å². The van der Waals surface area contributed by atoms with E-state index in [0.717, 1.165) is 16.7 Å². The second-order valence-electron chi connectivity index (χ2n) is 3.55. The van der Waals surface area contributed by atoms with Crippen molar-refractivity contribution in [2.45, 2.75) is 6.92 Å². The van der Waals surface area contributed by atoms with Gasteiger partial charge in [0.05, 0.1) is 0 Å². The zero-order valence-corrected chi connectivity index (χ0v) is 8.77. The largest absolute Gasteiger partial charge is 0.296 e. The van der Waals surface area contributed by atoms with E-state index in [2.05, 4.69) is 4.98 Å². The van der Waals surface area contributed by atoms with Crippen LogP contribution in [-0.4, -0.2) is 11.3 Å². The summed E-state index contributed by atoms with van der Waals surface area (Å²) in [6, 6.07) is 8.04. The molecule has 1 aromatic carbocycles. The first-order valence-corrected chi connectivity index (χ1v) is 4.88. The summed E-state index contributed by atoms with van der Waals surface area (Å²) in [5, 5.41) is 0. The van der Waals surface area contributed by atoms with Gasteiger partial charge < -0.3 is 0 Å². The van der Waals surface area contributed by atoms with Crippen molar-refractivity contribution in [2.75, 3.05) is 0 Å². The van der Waals surface area contributed by atoms with Gasteiger partial charge in [-0.15, -0.1) is 0 Å². The minimum Gasteiger partial charge on any atom is -0.296 e. The lowest BCUT2D eigenvalue weighted by Gasteiger charge is -2.05. The molecule has 0 spiro atoms. The molecule has 0 saturated carbocycles. The Labute approximate surface area is 92.8 Å². The van der Waals surface area contributed by atoms with Crippen LogP contribution in [0.5, 0.6) is 0 Å². The molecule has 2 nitrogen and oxygen atoms in total. The Morgan fingerprint density at radius 1 is 1.25 bits per heavy atom. The van der Waals surface area contributed by atoms with Crippen LogP contribution in [0.25, 0.3) is 11.1 Å². The number of hydrogen-bond acceptors (Lipinski definition) is 2. The lowest BCUT2D eigenvalue weighted by atomic mass is 10.0. The minimum atomic E-state index is -0.251. The van der Waals surface area contributed by atoms with E-state index in [-0.39, 0.29) is 5.82 Å². The van der Waals surface area contributed by atoms with Crippen molar-refractivity contribution in [3.05, 3.63) is 53.6 Å². The Kier molecular flexibility index (Phi) is 2.77. The highest BCUT2D eigenvalue weighted by atomic mass is 19.1. The van der Waals surface area contributed by atoms with E-state index in [9.17, 15) is 9.18 Å². The fourth-order valence-corrected chi connectivity index (χ4v) is 1.59. The molecule has 0 aliphatic carbocycles. The van der Waals surface area contributed by atoms with E-state index in [1.165, 1.54) is 12.1 Å². The number of hydrogen-bond donors (Lipinski definition) is 0. The van der Waals surface area contributed by atoms with E-state index < -0.39 is 0 Å². The van der Waals surface area contributed by atoms with Gasteiger partial charge in [0.15, 0.2) is 6.29 Å². The maximum absolute atomic E-state index is 12.9. The molecular weight excluding hydrogens is 205 g/mol. The second-order valence-corrected chi connectivity index (χ2v) is 3.55. The van der Waals surface area contributed by atoms with Gasteiger partial charge in [-0.25, -0.2) is 4.39 Å². The Morgan fingerprint density at radius 3 is 2.62 bits per heavy atom. The Hall–Kier alpha value is -2.03. The topological polar surface area (TPSA) is 30.0 Å². The van der Waals surface area contributed by atoms with Gasteiger partial charge in [0.1, 0.15) is 11.5 Å². The number of aldehydes is 1. The fourth-order valence-electron chi connectivity index (χ4n) is 1.59. The molecule has 0 radical (unpaired) electrons. The first-order chi connectivity index (χ1) is 7.70. The zero-order valence-electron chi connectivity index (χ0n) is 8.77. The Bertz CT molecular complexity index is 520. The lowest BCUT2D eigenvalue weighted by Crippen LogP contribution is -1.89. The van der Waals surface area contributed by atoms with Crippen LogP contribution in [0.3, 0.4) is 0 Å². The first-order valence-electron chi connectivity index (χ1n) is 4.88. The summed E-state index contributed by atoms with van der Waals surface area (Å²) in [5.74, 6) is -0.251. The van der Waals surface area contributed by atoms with Crippen LogP contribution in [0.4, 0.5) is 4.39 Å². The van der Waals surface area contributed by atoms with E-state index in [0.29, 0.717) is 12.0 Å². The van der Waals surface area contributed by atoms with Crippen LogP contribution in [0.15, 0.2) is 36.5 Å². The number of pyridine rings is 1. The number of aryl methyl sites for hydroxylation is 1. The van der Waals surface area contributed by atoms with Crippen molar-refractivity contribution in [3.8, 4) is 11.1 Å². The Morgan fingerprint density at radius 2 is 2.06 bits per heavy atom. The summed E-state index contributed by atoms with van der Waals surface area (Å²) in [4.78, 5) is 14.4. The Balaban J connectivity index is 2.46. The number of halogens is 1. The first kappa shape index (κ1) is 10.5. The molecule has 1 heterocycles. The molecular formula is C13H10FNO. The molecule has 2 aromatic rings. The van der Waals surface area contributed by atoms with Gasteiger partial charge in [0, 0.05) is 11.8 Å². The van der Waals surface area contributed by atoms with E-state index in [4.69, 9.17) is 0 Å². The highest BCUT2D eigenvalue weighted by molar-refractivity contribution is 5.74. The van der Waals surface area contributed by atoms with Crippen LogP contribution in [0.2, 0.25) is 0 Å². The van der Waals surface area contributed by atoms with Crippen molar-refractivity contribution in [3.63, 3.8) is 0 Å². The molecule has 3 heteroatoms. The molecule has 0 aliphatic rings. The van der Waals surface area contributed by atoms with Crippen molar-refractivity contribution >= 4 is 6.29 Å². The molecule has 16 heavy (non-hydrogen) atoms. The van der Waals surface area contributed by atoms with Crippen LogP contribution in [0.1, 0.15) is 16.1 Å². The van der Waals surface area contributed by atoms with E-state index in [1.54, 1.807) is 24.4 Å². The highest BCUT2D eigenvalue weighted by Crippen LogP contribution is 2.23. The average Bonchev–Trinajstić information content (AvgIpc) is 2.29. The molecule has 0 aliphatic heterocycles. The summed E-state index contributed by atoms with van der Waals surface area (Å²) in [7, 11) is 0. The normalized spacial score (nSPS) is 10.1. The van der Waals surface area contributed by atoms with Crippen molar-refractivity contribution in [1.29, 1.82) is 0 Å². The summed E-state index contributed by atoms with van der Waals surface area (Å²) < 4.78 is 12.9. The van der Waals surface area contributed by atoms with Crippen LogP contribution >= 0.6 is 0 Å². The third-order valence-electron chi connectivity index (χ3n) is 2.41. The molecule has 0 atom stereocenters. The molecule has 0 saturated heterocycles. The fraction of sp³-hybridized carbons (Fsp3) is 0.0769. The number of rotatable bonds is 2. The van der Waals surface area contributed by atoms with Gasteiger partial charge in [0.25, 0.3) is 0 Å². The summed E-state index contributed by atoms with van der Waals surface area (Å²) in [6.07, 6.45) is 2.31. The molecule has 2 rings (SSSR count). The lowest BCUT2D eigenvalue weighted by molar-refractivity contribution is 0.111. The van der Waals surface area contributed by atoms with Gasteiger partial charge in [-0.05, 0) is 36.2 Å².